The number of benzene rings is 1. The summed E-state index contributed by atoms with van der Waals surface area (Å²) >= 11 is 7.61. The third-order valence-corrected chi connectivity index (χ3v) is 3.15. The molecule has 0 saturated carbocycles. The van der Waals surface area contributed by atoms with Gasteiger partial charge >= 0.3 is 0 Å². The van der Waals surface area contributed by atoms with Gasteiger partial charge in [0.05, 0.1) is 5.02 Å². The Kier molecular flexibility index (Phi) is 4.29. The van der Waals surface area contributed by atoms with Gasteiger partial charge in [-0.3, -0.25) is 0 Å². The fourth-order valence-electron chi connectivity index (χ4n) is 1.24. The second-order valence-corrected chi connectivity index (χ2v) is 4.02. The molecule has 14 heavy (non-hydrogen) atoms. The highest BCUT2D eigenvalue weighted by Crippen LogP contribution is 2.31. The molecule has 1 N–H and O–H groups in total. The van der Waals surface area contributed by atoms with Gasteiger partial charge < -0.3 is 10.1 Å². The molecule has 1 rings (SSSR count). The maximum Gasteiger partial charge on any atom is 0.124 e. The van der Waals surface area contributed by atoms with Crippen LogP contribution < -0.4 is 5.32 Å². The number of carbonyl (C=O) groups excluding carboxylic acids is 1. The van der Waals surface area contributed by atoms with Crippen molar-refractivity contribution >= 4 is 35.3 Å². The van der Waals surface area contributed by atoms with Crippen molar-refractivity contribution in [3.05, 3.63) is 22.7 Å². The molecule has 0 bridgehead atoms. The number of nitrogens with one attached hydrogen (secondary N) is 1. The number of hydrogen-bond donors (Lipinski definition) is 1. The SMILES string of the molecule is CNc1cc(Cl)c(SC)cc1CC=O. The van der Waals surface area contributed by atoms with Gasteiger partial charge in [0.15, 0.2) is 0 Å². The molecule has 0 radical (unpaired) electrons. The summed E-state index contributed by atoms with van der Waals surface area (Å²) in [5.74, 6) is 0. The van der Waals surface area contributed by atoms with E-state index >= 15 is 0 Å². The van der Waals surface area contributed by atoms with E-state index in [9.17, 15) is 4.79 Å². The van der Waals surface area contributed by atoms with Crippen LogP contribution in [0.1, 0.15) is 5.56 Å². The average Bonchev–Trinajstić information content (AvgIpc) is 2.20. The standard InChI is InChI=1S/C10H12ClNOS/c1-12-9-6-8(11)10(14-2)5-7(9)3-4-13/h4-6,12H,3H2,1-2H3. The molecule has 76 valence electrons. The summed E-state index contributed by atoms with van der Waals surface area (Å²) in [6, 6.07) is 3.81. The second-order valence-electron chi connectivity index (χ2n) is 2.76. The van der Waals surface area contributed by atoms with E-state index in [0.717, 1.165) is 27.5 Å². The van der Waals surface area contributed by atoms with Crippen LogP contribution in [0.2, 0.25) is 5.02 Å². The molecular weight excluding hydrogens is 218 g/mol. The summed E-state index contributed by atoms with van der Waals surface area (Å²) in [5, 5.41) is 3.74. The molecule has 0 aliphatic heterocycles. The van der Waals surface area contributed by atoms with Crippen molar-refractivity contribution < 1.29 is 4.79 Å². The monoisotopic (exact) mass is 229 g/mol. The molecule has 0 saturated heterocycles. The number of carbonyl (C=O) groups is 1. The Bertz CT molecular complexity index is 341. The first-order valence-corrected chi connectivity index (χ1v) is 5.81. The molecule has 0 heterocycles. The van der Waals surface area contributed by atoms with E-state index in [4.69, 9.17) is 11.6 Å². The van der Waals surface area contributed by atoms with Gasteiger partial charge in [-0.2, -0.15) is 0 Å². The highest BCUT2D eigenvalue weighted by atomic mass is 35.5. The zero-order valence-corrected chi connectivity index (χ0v) is 9.71. The Hall–Kier alpha value is -0.670. The van der Waals surface area contributed by atoms with Crippen molar-refractivity contribution in [2.24, 2.45) is 0 Å². The van der Waals surface area contributed by atoms with Gasteiger partial charge in [-0.05, 0) is 24.0 Å². The van der Waals surface area contributed by atoms with Gasteiger partial charge in [0.1, 0.15) is 6.29 Å². The van der Waals surface area contributed by atoms with Crippen LogP contribution in [-0.2, 0) is 11.2 Å². The quantitative estimate of drug-likeness (QED) is 0.636. The van der Waals surface area contributed by atoms with Gasteiger partial charge in [-0.25, -0.2) is 0 Å². The van der Waals surface area contributed by atoms with Crippen LogP contribution in [0.5, 0.6) is 0 Å². The molecule has 0 spiro atoms. The van der Waals surface area contributed by atoms with E-state index < -0.39 is 0 Å². The summed E-state index contributed by atoms with van der Waals surface area (Å²) in [4.78, 5) is 11.5. The van der Waals surface area contributed by atoms with Gasteiger partial charge in [0.25, 0.3) is 0 Å². The van der Waals surface area contributed by atoms with E-state index in [1.165, 1.54) is 0 Å². The zero-order valence-electron chi connectivity index (χ0n) is 8.13. The van der Waals surface area contributed by atoms with E-state index in [1.807, 2.05) is 25.4 Å². The fourth-order valence-corrected chi connectivity index (χ4v) is 2.15. The predicted molar refractivity (Wildman–Crippen MR) is 62.5 cm³/mol. The number of hydrogen-bond acceptors (Lipinski definition) is 3. The molecule has 2 nitrogen and oxygen atoms in total. The van der Waals surface area contributed by atoms with Crippen molar-refractivity contribution in [1.82, 2.24) is 0 Å². The minimum Gasteiger partial charge on any atom is -0.388 e. The Labute approximate surface area is 93.0 Å². The van der Waals surface area contributed by atoms with Gasteiger partial charge in [0.2, 0.25) is 0 Å². The van der Waals surface area contributed by atoms with Crippen LogP contribution in [0.15, 0.2) is 17.0 Å². The lowest BCUT2D eigenvalue weighted by Gasteiger charge is -2.10. The van der Waals surface area contributed by atoms with E-state index in [2.05, 4.69) is 5.32 Å². The summed E-state index contributed by atoms with van der Waals surface area (Å²) in [5.41, 5.74) is 1.90. The lowest BCUT2D eigenvalue weighted by molar-refractivity contribution is -0.107. The van der Waals surface area contributed by atoms with Gasteiger partial charge in [0, 0.05) is 24.1 Å². The second kappa shape index (κ2) is 5.27. The van der Waals surface area contributed by atoms with Gasteiger partial charge in [-0.15, -0.1) is 11.8 Å². The van der Waals surface area contributed by atoms with Crippen molar-refractivity contribution in [3.8, 4) is 0 Å². The normalized spacial score (nSPS) is 9.93. The molecule has 0 unspecified atom stereocenters. The summed E-state index contributed by atoms with van der Waals surface area (Å²) < 4.78 is 0. The molecule has 0 amide bonds. The first-order valence-electron chi connectivity index (χ1n) is 4.20. The highest BCUT2D eigenvalue weighted by Gasteiger charge is 2.06. The molecule has 1 aromatic carbocycles. The Morgan fingerprint density at radius 2 is 2.29 bits per heavy atom. The number of aldehydes is 1. The molecule has 1 aromatic rings. The first kappa shape index (κ1) is 11.4. The molecule has 0 fully saturated rings. The number of thioether (sulfide) groups is 1. The van der Waals surface area contributed by atoms with Crippen LogP contribution >= 0.6 is 23.4 Å². The molecule has 0 aliphatic rings. The smallest absolute Gasteiger partial charge is 0.124 e. The van der Waals surface area contributed by atoms with E-state index in [0.29, 0.717) is 6.42 Å². The van der Waals surface area contributed by atoms with Crippen LogP contribution in [-0.4, -0.2) is 19.6 Å². The van der Waals surface area contributed by atoms with Gasteiger partial charge in [-0.1, -0.05) is 11.6 Å². The third-order valence-electron chi connectivity index (χ3n) is 1.95. The minimum atomic E-state index is 0.418. The van der Waals surface area contributed by atoms with Crippen LogP contribution in [0, 0.1) is 0 Å². The lowest BCUT2D eigenvalue weighted by Crippen LogP contribution is -1.97. The Morgan fingerprint density at radius 1 is 1.57 bits per heavy atom. The van der Waals surface area contributed by atoms with E-state index in [1.54, 1.807) is 11.8 Å². The topological polar surface area (TPSA) is 29.1 Å². The van der Waals surface area contributed by atoms with Crippen LogP contribution in [0.25, 0.3) is 0 Å². The lowest BCUT2D eigenvalue weighted by atomic mass is 10.1. The van der Waals surface area contributed by atoms with Crippen molar-refractivity contribution in [2.45, 2.75) is 11.3 Å². The average molecular weight is 230 g/mol. The van der Waals surface area contributed by atoms with Crippen molar-refractivity contribution in [3.63, 3.8) is 0 Å². The van der Waals surface area contributed by atoms with Crippen molar-refractivity contribution in [1.29, 1.82) is 0 Å². The molecule has 0 aromatic heterocycles. The minimum absolute atomic E-state index is 0.418. The van der Waals surface area contributed by atoms with Crippen LogP contribution in [0.3, 0.4) is 0 Å². The molecule has 0 aliphatic carbocycles. The van der Waals surface area contributed by atoms with Crippen LogP contribution in [0.4, 0.5) is 5.69 Å². The Morgan fingerprint density at radius 3 is 2.79 bits per heavy atom. The fraction of sp³-hybridized carbons (Fsp3) is 0.300. The maximum atomic E-state index is 10.5. The largest absolute Gasteiger partial charge is 0.388 e. The molecule has 0 atom stereocenters. The summed E-state index contributed by atoms with van der Waals surface area (Å²) in [6.07, 6.45) is 3.28. The molecule has 4 heteroatoms. The van der Waals surface area contributed by atoms with E-state index in [-0.39, 0.29) is 0 Å². The maximum absolute atomic E-state index is 10.5. The first-order chi connectivity index (χ1) is 6.72. The summed E-state index contributed by atoms with van der Waals surface area (Å²) in [6.45, 7) is 0. The number of rotatable bonds is 4. The predicted octanol–water partition coefficient (Wildman–Crippen LogP) is 2.85. The van der Waals surface area contributed by atoms with Crippen molar-refractivity contribution in [2.75, 3.05) is 18.6 Å². The zero-order chi connectivity index (χ0) is 10.6. The number of halogens is 1. The third kappa shape index (κ3) is 2.42. The Balaban J connectivity index is 3.17. The highest BCUT2D eigenvalue weighted by molar-refractivity contribution is 7.98. The molecular formula is C10H12ClNOS. The number of anilines is 1. The summed E-state index contributed by atoms with van der Waals surface area (Å²) in [7, 11) is 1.82.